The van der Waals surface area contributed by atoms with Crippen molar-refractivity contribution in [3.05, 3.63) is 74.8 Å². The van der Waals surface area contributed by atoms with Gasteiger partial charge in [0.1, 0.15) is 0 Å². The van der Waals surface area contributed by atoms with Crippen LogP contribution in [0, 0.1) is 17.0 Å². The number of hydrogen-bond acceptors (Lipinski definition) is 6. The van der Waals surface area contributed by atoms with Crippen molar-refractivity contribution in [2.75, 3.05) is 32.8 Å². The molecule has 158 valence electrons. The van der Waals surface area contributed by atoms with Gasteiger partial charge >= 0.3 is 5.97 Å². The molecular weight excluding hydrogens is 386 g/mol. The highest BCUT2D eigenvalue weighted by molar-refractivity contribution is 5.99. The van der Waals surface area contributed by atoms with E-state index in [0.29, 0.717) is 26.2 Å². The maximum Gasteiger partial charge on any atom is 0.338 e. The summed E-state index contributed by atoms with van der Waals surface area (Å²) in [6, 6.07) is 11.9. The number of piperazine rings is 1. The Balaban J connectivity index is 1.70. The fourth-order valence-corrected chi connectivity index (χ4v) is 3.49. The van der Waals surface area contributed by atoms with E-state index in [0.717, 1.165) is 12.6 Å². The van der Waals surface area contributed by atoms with Gasteiger partial charge in [0, 0.05) is 50.4 Å². The quantitative estimate of drug-likeness (QED) is 0.412. The van der Waals surface area contributed by atoms with Crippen LogP contribution < -0.4 is 0 Å². The lowest BCUT2D eigenvalue weighted by molar-refractivity contribution is -0.384. The molecule has 0 radical (unpaired) electrons. The Morgan fingerprint density at radius 2 is 1.73 bits per heavy atom. The van der Waals surface area contributed by atoms with Gasteiger partial charge in [-0.2, -0.15) is 0 Å². The third-order valence-electron chi connectivity index (χ3n) is 5.20. The topological polar surface area (TPSA) is 93.0 Å². The van der Waals surface area contributed by atoms with Gasteiger partial charge in [-0.15, -0.1) is 0 Å². The summed E-state index contributed by atoms with van der Waals surface area (Å²) in [5.74, 6) is -1.00. The SMILES string of the molecule is CCOC(=O)c1cc(C(=O)N2CCN(Cc3ccccc3C)CC2)cc([N+](=O)[O-])c1. The molecule has 1 heterocycles. The Hall–Kier alpha value is -3.26. The van der Waals surface area contributed by atoms with E-state index < -0.39 is 10.9 Å². The molecule has 0 unspecified atom stereocenters. The second-order valence-electron chi connectivity index (χ2n) is 7.24. The van der Waals surface area contributed by atoms with Crippen molar-refractivity contribution in [1.82, 2.24) is 9.80 Å². The lowest BCUT2D eigenvalue weighted by Crippen LogP contribution is -2.48. The van der Waals surface area contributed by atoms with Crippen molar-refractivity contribution < 1.29 is 19.2 Å². The maximum absolute atomic E-state index is 13.0. The molecule has 1 saturated heterocycles. The normalized spacial score (nSPS) is 14.4. The molecule has 1 fully saturated rings. The molecule has 1 aliphatic rings. The van der Waals surface area contributed by atoms with Crippen LogP contribution in [0.15, 0.2) is 42.5 Å². The summed E-state index contributed by atoms with van der Waals surface area (Å²) in [4.78, 5) is 39.6. The van der Waals surface area contributed by atoms with Crippen LogP contribution in [0.3, 0.4) is 0 Å². The van der Waals surface area contributed by atoms with Gasteiger partial charge in [0.15, 0.2) is 0 Å². The lowest BCUT2D eigenvalue weighted by atomic mass is 10.1. The van der Waals surface area contributed by atoms with Crippen LogP contribution in [0.5, 0.6) is 0 Å². The van der Waals surface area contributed by atoms with Gasteiger partial charge in [0.2, 0.25) is 0 Å². The second-order valence-corrected chi connectivity index (χ2v) is 7.24. The van der Waals surface area contributed by atoms with Gasteiger partial charge in [0.25, 0.3) is 11.6 Å². The molecule has 0 spiro atoms. The standard InChI is InChI=1S/C22H25N3O5/c1-3-30-22(27)19-12-18(13-20(14-19)25(28)29)21(26)24-10-8-23(9-11-24)15-17-7-5-4-6-16(17)2/h4-7,12-14H,3,8-11,15H2,1-2H3. The van der Waals surface area contributed by atoms with Crippen LogP contribution in [0.2, 0.25) is 0 Å². The van der Waals surface area contributed by atoms with Gasteiger partial charge in [-0.1, -0.05) is 24.3 Å². The maximum atomic E-state index is 13.0. The number of non-ortho nitro benzene ring substituents is 1. The van der Waals surface area contributed by atoms with E-state index in [1.165, 1.54) is 23.3 Å². The number of hydrogen-bond donors (Lipinski definition) is 0. The van der Waals surface area contributed by atoms with Gasteiger partial charge in [-0.3, -0.25) is 19.8 Å². The molecule has 1 amide bonds. The number of benzene rings is 2. The van der Waals surface area contributed by atoms with Crippen LogP contribution in [0.4, 0.5) is 5.69 Å². The second kappa shape index (κ2) is 9.49. The predicted octanol–water partition coefficient (Wildman–Crippen LogP) is 3.04. The van der Waals surface area contributed by atoms with Crippen molar-refractivity contribution in [2.24, 2.45) is 0 Å². The van der Waals surface area contributed by atoms with Crippen molar-refractivity contribution in [2.45, 2.75) is 20.4 Å². The first-order chi connectivity index (χ1) is 14.4. The summed E-state index contributed by atoms with van der Waals surface area (Å²) in [5, 5.41) is 11.3. The summed E-state index contributed by atoms with van der Waals surface area (Å²) in [6.45, 7) is 7.15. The minimum Gasteiger partial charge on any atom is -0.462 e. The van der Waals surface area contributed by atoms with E-state index in [1.54, 1.807) is 11.8 Å². The monoisotopic (exact) mass is 411 g/mol. The smallest absolute Gasteiger partial charge is 0.338 e. The number of aryl methyl sites for hydroxylation is 1. The fraction of sp³-hybridized carbons (Fsp3) is 0.364. The van der Waals surface area contributed by atoms with Crippen molar-refractivity contribution in [3.63, 3.8) is 0 Å². The van der Waals surface area contributed by atoms with Gasteiger partial charge < -0.3 is 9.64 Å². The molecule has 3 rings (SSSR count). The minimum absolute atomic E-state index is 0.00703. The number of nitro benzene ring substituents is 1. The first-order valence-electron chi connectivity index (χ1n) is 9.91. The molecule has 0 aromatic heterocycles. The zero-order chi connectivity index (χ0) is 21.7. The number of amides is 1. The van der Waals surface area contributed by atoms with Gasteiger partial charge in [0.05, 0.1) is 17.1 Å². The van der Waals surface area contributed by atoms with E-state index >= 15 is 0 Å². The summed E-state index contributed by atoms with van der Waals surface area (Å²) in [5.41, 5.74) is 2.32. The number of carbonyl (C=O) groups is 2. The summed E-state index contributed by atoms with van der Waals surface area (Å²) >= 11 is 0. The van der Waals surface area contributed by atoms with Crippen LogP contribution in [0.1, 0.15) is 38.8 Å². The highest BCUT2D eigenvalue weighted by atomic mass is 16.6. The molecular formula is C22H25N3O5. The average molecular weight is 411 g/mol. The highest BCUT2D eigenvalue weighted by Crippen LogP contribution is 2.21. The first-order valence-corrected chi connectivity index (χ1v) is 9.91. The van der Waals surface area contributed by atoms with Gasteiger partial charge in [-0.05, 0) is 31.0 Å². The Labute approximate surface area is 175 Å². The first kappa shape index (κ1) is 21.4. The molecule has 0 bridgehead atoms. The minimum atomic E-state index is -0.682. The Bertz CT molecular complexity index is 952. The average Bonchev–Trinajstić information content (AvgIpc) is 2.75. The van der Waals surface area contributed by atoms with Crippen LogP contribution >= 0.6 is 0 Å². The van der Waals surface area contributed by atoms with Crippen LogP contribution in [-0.2, 0) is 11.3 Å². The molecule has 0 N–H and O–H groups in total. The molecule has 2 aromatic carbocycles. The van der Waals surface area contributed by atoms with E-state index in [1.807, 2.05) is 12.1 Å². The fourth-order valence-electron chi connectivity index (χ4n) is 3.49. The van der Waals surface area contributed by atoms with E-state index in [9.17, 15) is 19.7 Å². The number of carbonyl (C=O) groups excluding carboxylic acids is 2. The predicted molar refractivity (Wildman–Crippen MR) is 111 cm³/mol. The largest absolute Gasteiger partial charge is 0.462 e. The Morgan fingerprint density at radius 3 is 2.37 bits per heavy atom. The number of nitro groups is 1. The van der Waals surface area contributed by atoms with Crippen LogP contribution in [-0.4, -0.2) is 59.4 Å². The number of rotatable bonds is 6. The van der Waals surface area contributed by atoms with E-state index in [-0.39, 0.29) is 29.3 Å². The molecule has 8 heteroatoms. The zero-order valence-electron chi connectivity index (χ0n) is 17.2. The molecule has 0 saturated carbocycles. The molecule has 2 aromatic rings. The van der Waals surface area contributed by atoms with Crippen molar-refractivity contribution in [3.8, 4) is 0 Å². The zero-order valence-corrected chi connectivity index (χ0v) is 17.2. The van der Waals surface area contributed by atoms with Crippen molar-refractivity contribution >= 4 is 17.6 Å². The summed E-state index contributed by atoms with van der Waals surface area (Å²) < 4.78 is 4.93. The molecule has 1 aliphatic heterocycles. The Morgan fingerprint density at radius 1 is 1.07 bits per heavy atom. The summed E-state index contributed by atoms with van der Waals surface area (Å²) in [7, 11) is 0. The van der Waals surface area contributed by atoms with Crippen LogP contribution in [0.25, 0.3) is 0 Å². The molecule has 30 heavy (non-hydrogen) atoms. The molecule has 0 aliphatic carbocycles. The number of ether oxygens (including phenoxy) is 1. The third kappa shape index (κ3) is 5.01. The number of nitrogens with zero attached hydrogens (tertiary/aromatic N) is 3. The van der Waals surface area contributed by atoms with Gasteiger partial charge in [-0.25, -0.2) is 4.79 Å². The van der Waals surface area contributed by atoms with Crippen molar-refractivity contribution in [1.29, 1.82) is 0 Å². The molecule has 0 atom stereocenters. The highest BCUT2D eigenvalue weighted by Gasteiger charge is 2.25. The van der Waals surface area contributed by atoms with E-state index in [2.05, 4.69) is 24.0 Å². The summed E-state index contributed by atoms with van der Waals surface area (Å²) in [6.07, 6.45) is 0. The molecule has 8 nitrogen and oxygen atoms in total. The third-order valence-corrected chi connectivity index (χ3v) is 5.20. The lowest BCUT2D eigenvalue weighted by Gasteiger charge is -2.35. The Kier molecular flexibility index (Phi) is 6.79. The number of esters is 1. The van der Waals surface area contributed by atoms with E-state index in [4.69, 9.17) is 4.74 Å².